The van der Waals surface area contributed by atoms with E-state index in [9.17, 15) is 0 Å². The van der Waals surface area contributed by atoms with Crippen LogP contribution in [0.2, 0.25) is 0 Å². The monoisotopic (exact) mass is 510 g/mol. The number of nitrogens with one attached hydrogen (secondary N) is 2. The summed E-state index contributed by atoms with van der Waals surface area (Å²) in [7, 11) is 0. The topological polar surface area (TPSA) is 67.8 Å². The van der Waals surface area contributed by atoms with E-state index >= 15 is 0 Å². The minimum absolute atomic E-state index is 0. The second-order valence-corrected chi connectivity index (χ2v) is 8.50. The molecule has 1 aromatic heterocycles. The lowest BCUT2D eigenvalue weighted by Crippen LogP contribution is -2.38. The van der Waals surface area contributed by atoms with Crippen molar-refractivity contribution < 1.29 is 9.47 Å². The lowest BCUT2D eigenvalue weighted by atomic mass is 9.93. The van der Waals surface area contributed by atoms with Gasteiger partial charge in [-0.15, -0.1) is 35.3 Å². The first kappa shape index (κ1) is 24.6. The SMILES string of the molecule is CCNC(=NCc1nc(C(C)(C)C)cs1)NCCCOCC1CCCO1.I. The summed E-state index contributed by atoms with van der Waals surface area (Å²) in [6.45, 7) is 13.2. The normalized spacial score (nSPS) is 17.6. The Bertz CT molecular complexity index is 554. The maximum Gasteiger partial charge on any atom is 0.191 e. The molecule has 1 fully saturated rings. The van der Waals surface area contributed by atoms with Crippen LogP contribution < -0.4 is 10.6 Å². The first-order chi connectivity index (χ1) is 12.5. The Morgan fingerprint density at radius 3 is 2.85 bits per heavy atom. The number of hydrogen-bond donors (Lipinski definition) is 2. The van der Waals surface area contributed by atoms with E-state index in [1.807, 2.05) is 0 Å². The van der Waals surface area contributed by atoms with Gasteiger partial charge in [-0.1, -0.05) is 20.8 Å². The van der Waals surface area contributed by atoms with Gasteiger partial charge in [-0.3, -0.25) is 0 Å². The summed E-state index contributed by atoms with van der Waals surface area (Å²) in [5.74, 6) is 0.833. The number of aromatic nitrogens is 1. The Morgan fingerprint density at radius 2 is 2.22 bits per heavy atom. The fourth-order valence-electron chi connectivity index (χ4n) is 2.59. The molecule has 1 unspecified atom stereocenters. The fraction of sp³-hybridized carbons (Fsp3) is 0.789. The van der Waals surface area contributed by atoms with Crippen molar-refractivity contribution in [3.63, 3.8) is 0 Å². The van der Waals surface area contributed by atoms with Gasteiger partial charge in [0.1, 0.15) is 5.01 Å². The average Bonchev–Trinajstić information content (AvgIpc) is 3.26. The van der Waals surface area contributed by atoms with Crippen molar-refractivity contribution in [1.29, 1.82) is 0 Å². The van der Waals surface area contributed by atoms with Gasteiger partial charge in [-0.05, 0) is 26.2 Å². The number of halogens is 1. The zero-order chi connectivity index (χ0) is 18.8. The van der Waals surface area contributed by atoms with Crippen molar-refractivity contribution in [3.8, 4) is 0 Å². The van der Waals surface area contributed by atoms with Crippen molar-refractivity contribution in [2.24, 2.45) is 4.99 Å². The van der Waals surface area contributed by atoms with E-state index in [4.69, 9.17) is 14.5 Å². The minimum Gasteiger partial charge on any atom is -0.379 e. The molecule has 2 heterocycles. The van der Waals surface area contributed by atoms with Gasteiger partial charge in [0.2, 0.25) is 0 Å². The summed E-state index contributed by atoms with van der Waals surface area (Å²) in [6, 6.07) is 0. The smallest absolute Gasteiger partial charge is 0.191 e. The molecule has 156 valence electrons. The zero-order valence-corrected chi connectivity index (χ0v) is 20.2. The van der Waals surface area contributed by atoms with E-state index in [1.54, 1.807) is 11.3 Å². The predicted octanol–water partition coefficient (Wildman–Crippen LogP) is 3.70. The molecular weight excluding hydrogens is 475 g/mol. The quantitative estimate of drug-likeness (QED) is 0.230. The van der Waals surface area contributed by atoms with Crippen LogP contribution in [-0.2, 0) is 21.4 Å². The number of aliphatic imine (C=N–C) groups is 1. The Morgan fingerprint density at radius 1 is 1.41 bits per heavy atom. The minimum atomic E-state index is 0. The molecule has 27 heavy (non-hydrogen) atoms. The number of thiazole rings is 1. The van der Waals surface area contributed by atoms with Crippen LogP contribution in [0.25, 0.3) is 0 Å². The van der Waals surface area contributed by atoms with Gasteiger partial charge < -0.3 is 20.1 Å². The van der Waals surface area contributed by atoms with Crippen molar-refractivity contribution in [1.82, 2.24) is 15.6 Å². The van der Waals surface area contributed by atoms with Gasteiger partial charge in [0.25, 0.3) is 0 Å². The van der Waals surface area contributed by atoms with Gasteiger partial charge in [-0.2, -0.15) is 0 Å². The van der Waals surface area contributed by atoms with Crippen molar-refractivity contribution >= 4 is 41.3 Å². The van der Waals surface area contributed by atoms with E-state index in [-0.39, 0.29) is 29.4 Å². The summed E-state index contributed by atoms with van der Waals surface area (Å²) >= 11 is 1.68. The van der Waals surface area contributed by atoms with E-state index in [1.165, 1.54) is 0 Å². The van der Waals surface area contributed by atoms with Crippen molar-refractivity contribution in [2.45, 2.75) is 65.0 Å². The highest BCUT2D eigenvalue weighted by molar-refractivity contribution is 14.0. The molecule has 0 amide bonds. The Hall–Kier alpha value is -0.450. The third-order valence-corrected chi connectivity index (χ3v) is 4.96. The molecule has 0 radical (unpaired) electrons. The summed E-state index contributed by atoms with van der Waals surface area (Å²) in [5, 5.41) is 9.83. The number of rotatable bonds is 9. The Labute approximate surface area is 184 Å². The maximum atomic E-state index is 5.69. The lowest BCUT2D eigenvalue weighted by molar-refractivity contribution is 0.0168. The molecule has 1 aliphatic heterocycles. The molecule has 6 nitrogen and oxygen atoms in total. The molecule has 0 spiro atoms. The van der Waals surface area contributed by atoms with Crippen LogP contribution in [0.5, 0.6) is 0 Å². The first-order valence-corrected chi connectivity index (χ1v) is 10.5. The summed E-state index contributed by atoms with van der Waals surface area (Å²) in [6.07, 6.45) is 3.54. The summed E-state index contributed by atoms with van der Waals surface area (Å²) in [5.41, 5.74) is 1.22. The fourth-order valence-corrected chi connectivity index (χ4v) is 3.53. The molecule has 8 heteroatoms. The average molecular weight is 510 g/mol. The van der Waals surface area contributed by atoms with E-state index < -0.39 is 0 Å². The van der Waals surface area contributed by atoms with Gasteiger partial charge in [-0.25, -0.2) is 9.98 Å². The molecule has 1 aromatic rings. The van der Waals surface area contributed by atoms with Crippen LogP contribution in [0, 0.1) is 0 Å². The van der Waals surface area contributed by atoms with Gasteiger partial charge >= 0.3 is 0 Å². The standard InChI is InChI=1S/C19H34N4O2S.HI/c1-5-20-18(21-9-7-10-24-13-15-8-6-11-25-15)22-12-17-23-16(14-26-17)19(2,3)4;/h14-15H,5-13H2,1-4H3,(H2,20,21,22);1H. The van der Waals surface area contributed by atoms with Crippen LogP contribution >= 0.6 is 35.3 Å². The summed E-state index contributed by atoms with van der Waals surface area (Å²) < 4.78 is 11.2. The van der Waals surface area contributed by atoms with E-state index in [0.29, 0.717) is 19.3 Å². The van der Waals surface area contributed by atoms with Crippen molar-refractivity contribution in [3.05, 3.63) is 16.1 Å². The largest absolute Gasteiger partial charge is 0.379 e. The second-order valence-electron chi connectivity index (χ2n) is 7.56. The second kappa shape index (κ2) is 12.9. The highest BCUT2D eigenvalue weighted by atomic mass is 127. The van der Waals surface area contributed by atoms with Gasteiger partial charge in [0.15, 0.2) is 5.96 Å². The number of hydrogen-bond acceptors (Lipinski definition) is 5. The van der Waals surface area contributed by atoms with E-state index in [2.05, 4.69) is 48.7 Å². The van der Waals surface area contributed by atoms with Crippen LogP contribution in [-0.4, -0.2) is 50.0 Å². The number of ether oxygens (including phenoxy) is 2. The molecule has 1 saturated heterocycles. The van der Waals surface area contributed by atoms with Crippen molar-refractivity contribution in [2.75, 3.05) is 32.9 Å². The van der Waals surface area contributed by atoms with Gasteiger partial charge in [0.05, 0.1) is 24.9 Å². The Balaban J connectivity index is 0.00000364. The molecule has 1 aliphatic rings. The lowest BCUT2D eigenvalue weighted by Gasteiger charge is -2.14. The van der Waals surface area contributed by atoms with Crippen LogP contribution in [0.3, 0.4) is 0 Å². The number of guanidine groups is 1. The molecule has 0 aliphatic carbocycles. The third-order valence-electron chi connectivity index (χ3n) is 4.12. The van der Waals surface area contributed by atoms with Gasteiger partial charge in [0, 0.05) is 37.1 Å². The highest BCUT2D eigenvalue weighted by Crippen LogP contribution is 2.24. The highest BCUT2D eigenvalue weighted by Gasteiger charge is 2.17. The molecule has 1 atom stereocenters. The van der Waals surface area contributed by atoms with Crippen LogP contribution in [0.1, 0.15) is 57.7 Å². The molecule has 2 N–H and O–H groups in total. The molecule has 0 bridgehead atoms. The molecule has 0 aromatic carbocycles. The molecular formula is C19H35IN4O2S. The first-order valence-electron chi connectivity index (χ1n) is 9.65. The zero-order valence-electron chi connectivity index (χ0n) is 17.0. The molecule has 0 saturated carbocycles. The Kier molecular flexibility index (Phi) is 11.7. The van der Waals surface area contributed by atoms with E-state index in [0.717, 1.165) is 62.2 Å². The predicted molar refractivity (Wildman–Crippen MR) is 123 cm³/mol. The molecule has 2 rings (SSSR count). The van der Waals surface area contributed by atoms with Crippen LogP contribution in [0.15, 0.2) is 10.4 Å². The maximum absolute atomic E-state index is 5.69. The summed E-state index contributed by atoms with van der Waals surface area (Å²) in [4.78, 5) is 9.34. The third kappa shape index (κ3) is 9.54. The van der Waals surface area contributed by atoms with Crippen LogP contribution in [0.4, 0.5) is 0 Å². The number of nitrogens with zero attached hydrogens (tertiary/aromatic N) is 2.